The van der Waals surface area contributed by atoms with Gasteiger partial charge in [-0.15, -0.1) is 0 Å². The van der Waals surface area contributed by atoms with Crippen molar-refractivity contribution in [3.05, 3.63) is 68.7 Å². The average Bonchev–Trinajstić information content (AvgIpc) is 3.24. The van der Waals surface area contributed by atoms with Crippen LogP contribution in [-0.2, 0) is 16.0 Å². The zero-order valence-corrected chi connectivity index (χ0v) is 24.1. The van der Waals surface area contributed by atoms with Crippen LogP contribution in [0.3, 0.4) is 0 Å². The summed E-state index contributed by atoms with van der Waals surface area (Å²) in [6, 6.07) is 13.2. The summed E-state index contributed by atoms with van der Waals surface area (Å²) in [7, 11) is 3.96. The predicted molar refractivity (Wildman–Crippen MR) is 152 cm³/mol. The van der Waals surface area contributed by atoms with Crippen molar-refractivity contribution in [2.45, 2.75) is 50.6 Å². The first-order valence-electron chi connectivity index (χ1n) is 12.6. The van der Waals surface area contributed by atoms with E-state index >= 15 is 0 Å². The minimum absolute atomic E-state index is 0.0720. The number of carbonyl (C=O) groups excluding carboxylic acids is 2. The molecular formula is C28H34Br2N4O2. The van der Waals surface area contributed by atoms with E-state index in [1.54, 1.807) is 4.90 Å². The molecule has 0 saturated heterocycles. The van der Waals surface area contributed by atoms with Gasteiger partial charge in [0.1, 0.15) is 6.04 Å². The molecular weight excluding hydrogens is 584 g/mol. The van der Waals surface area contributed by atoms with Gasteiger partial charge in [0.05, 0.1) is 6.42 Å². The maximum Gasteiger partial charge on any atom is 0.247 e. The summed E-state index contributed by atoms with van der Waals surface area (Å²) >= 11 is 7.19. The summed E-state index contributed by atoms with van der Waals surface area (Å²) < 4.78 is 1.79. The van der Waals surface area contributed by atoms with Crippen LogP contribution in [0.5, 0.6) is 0 Å². The van der Waals surface area contributed by atoms with Crippen LogP contribution in [0.25, 0.3) is 10.9 Å². The highest BCUT2D eigenvalue weighted by Gasteiger charge is 2.34. The first kappa shape index (κ1) is 26.9. The van der Waals surface area contributed by atoms with Crippen molar-refractivity contribution in [2.24, 2.45) is 0 Å². The first-order chi connectivity index (χ1) is 17.3. The monoisotopic (exact) mass is 616 g/mol. The van der Waals surface area contributed by atoms with Crippen LogP contribution in [0.15, 0.2) is 57.6 Å². The molecule has 8 heteroatoms. The van der Waals surface area contributed by atoms with E-state index in [2.05, 4.69) is 42.2 Å². The highest BCUT2D eigenvalue weighted by molar-refractivity contribution is 9.10. The van der Waals surface area contributed by atoms with E-state index in [0.717, 1.165) is 56.7 Å². The number of aromatic amines is 1. The normalized spacial score (nSPS) is 15.2. The largest absolute Gasteiger partial charge is 0.361 e. The number of aromatic nitrogens is 1. The third-order valence-corrected chi connectivity index (χ3v) is 8.11. The second-order valence-corrected chi connectivity index (χ2v) is 11.6. The molecule has 3 aromatic rings. The third-order valence-electron chi connectivity index (χ3n) is 6.89. The number of rotatable bonds is 9. The van der Waals surface area contributed by atoms with Crippen LogP contribution in [0.4, 0.5) is 0 Å². The molecule has 1 fully saturated rings. The van der Waals surface area contributed by atoms with Gasteiger partial charge < -0.3 is 20.1 Å². The summed E-state index contributed by atoms with van der Waals surface area (Å²) in [5.41, 5.74) is 2.71. The molecule has 2 aromatic carbocycles. The topological polar surface area (TPSA) is 68.4 Å². The Kier molecular flexibility index (Phi) is 9.25. The molecule has 1 aliphatic carbocycles. The Morgan fingerprint density at radius 2 is 1.81 bits per heavy atom. The van der Waals surface area contributed by atoms with Gasteiger partial charge in [-0.3, -0.25) is 9.59 Å². The number of fused-ring (bicyclic) bond motifs is 1. The lowest BCUT2D eigenvalue weighted by Gasteiger charge is -2.34. The zero-order chi connectivity index (χ0) is 25.7. The van der Waals surface area contributed by atoms with E-state index in [0.29, 0.717) is 13.1 Å². The van der Waals surface area contributed by atoms with Crippen LogP contribution in [0.1, 0.15) is 49.3 Å². The Balaban J connectivity index is 1.68. The second kappa shape index (κ2) is 12.4. The lowest BCUT2D eigenvalue weighted by molar-refractivity contribution is -0.141. The molecule has 1 aromatic heterocycles. The summed E-state index contributed by atoms with van der Waals surface area (Å²) in [5.74, 6) is -0.181. The van der Waals surface area contributed by atoms with Crippen LogP contribution in [0.2, 0.25) is 0 Å². The molecule has 1 saturated carbocycles. The molecule has 2 amide bonds. The lowest BCUT2D eigenvalue weighted by Crippen LogP contribution is -2.49. The van der Waals surface area contributed by atoms with Gasteiger partial charge in [-0.2, -0.15) is 0 Å². The molecule has 0 spiro atoms. The molecule has 2 N–H and O–H groups in total. The number of hydrogen-bond acceptors (Lipinski definition) is 3. The van der Waals surface area contributed by atoms with Crippen molar-refractivity contribution in [1.82, 2.24) is 20.1 Å². The Labute approximate surface area is 230 Å². The standard InChI is InChI=1S/C28H34Br2N4O2/c1-33(2)14-15-34(26(35)16-19-18-31-25-13-12-20(29)17-23(19)25)27(22-10-6-7-11-24(22)30)28(36)32-21-8-4-3-5-9-21/h6-7,10-13,17-18,21,27,31H,3-5,8-9,14-16H2,1-2H3,(H,32,36). The van der Waals surface area contributed by atoms with Gasteiger partial charge in [-0.05, 0) is 62.3 Å². The van der Waals surface area contributed by atoms with Gasteiger partial charge in [0.15, 0.2) is 0 Å². The molecule has 0 radical (unpaired) electrons. The summed E-state index contributed by atoms with van der Waals surface area (Å²) in [6.45, 7) is 1.10. The molecule has 4 rings (SSSR count). The molecule has 6 nitrogen and oxygen atoms in total. The smallest absolute Gasteiger partial charge is 0.247 e. The minimum atomic E-state index is -0.716. The zero-order valence-electron chi connectivity index (χ0n) is 20.9. The predicted octanol–water partition coefficient (Wildman–Crippen LogP) is 5.82. The van der Waals surface area contributed by atoms with E-state index in [1.165, 1.54) is 6.42 Å². The molecule has 0 aliphatic heterocycles. The van der Waals surface area contributed by atoms with Crippen molar-refractivity contribution in [3.63, 3.8) is 0 Å². The van der Waals surface area contributed by atoms with Gasteiger partial charge >= 0.3 is 0 Å². The minimum Gasteiger partial charge on any atom is -0.361 e. The summed E-state index contributed by atoms with van der Waals surface area (Å²) in [4.78, 5) is 34.9. The van der Waals surface area contributed by atoms with Crippen molar-refractivity contribution >= 4 is 54.6 Å². The van der Waals surface area contributed by atoms with Crippen molar-refractivity contribution < 1.29 is 9.59 Å². The molecule has 1 aliphatic rings. The average molecular weight is 618 g/mol. The number of amides is 2. The molecule has 36 heavy (non-hydrogen) atoms. The number of nitrogens with zero attached hydrogens (tertiary/aromatic N) is 2. The maximum atomic E-state index is 14.0. The maximum absolute atomic E-state index is 14.0. The SMILES string of the molecule is CN(C)CCN(C(=O)Cc1c[nH]c2ccc(Br)cc12)C(C(=O)NC1CCCCC1)c1ccccc1Br. The van der Waals surface area contributed by atoms with E-state index in [-0.39, 0.29) is 24.3 Å². The van der Waals surface area contributed by atoms with E-state index in [4.69, 9.17) is 0 Å². The van der Waals surface area contributed by atoms with E-state index in [1.807, 2.05) is 67.7 Å². The van der Waals surface area contributed by atoms with Crippen LogP contribution in [-0.4, -0.2) is 59.8 Å². The number of H-pyrrole nitrogens is 1. The van der Waals surface area contributed by atoms with Crippen molar-refractivity contribution in [2.75, 3.05) is 27.2 Å². The van der Waals surface area contributed by atoms with Gasteiger partial charge in [-0.1, -0.05) is 69.3 Å². The highest BCUT2D eigenvalue weighted by Crippen LogP contribution is 2.31. The molecule has 1 heterocycles. The molecule has 1 atom stereocenters. The van der Waals surface area contributed by atoms with E-state index in [9.17, 15) is 9.59 Å². The fourth-order valence-corrected chi connectivity index (χ4v) is 5.80. The second-order valence-electron chi connectivity index (χ2n) is 9.84. The summed E-state index contributed by atoms with van der Waals surface area (Å²) in [6.07, 6.45) is 7.56. The Morgan fingerprint density at radius 1 is 1.06 bits per heavy atom. The fraction of sp³-hybridized carbons (Fsp3) is 0.429. The van der Waals surface area contributed by atoms with E-state index < -0.39 is 6.04 Å². The molecule has 0 bridgehead atoms. The van der Waals surface area contributed by atoms with Gasteiger partial charge in [0.25, 0.3) is 0 Å². The quantitative estimate of drug-likeness (QED) is 0.318. The third kappa shape index (κ3) is 6.58. The molecule has 1 unspecified atom stereocenters. The number of halogens is 2. The Bertz CT molecular complexity index is 1200. The summed E-state index contributed by atoms with van der Waals surface area (Å²) in [5, 5.41) is 4.29. The van der Waals surface area contributed by atoms with Crippen molar-refractivity contribution in [1.29, 1.82) is 0 Å². The van der Waals surface area contributed by atoms with Gasteiger partial charge in [0.2, 0.25) is 11.8 Å². The Hall–Kier alpha value is -2.16. The number of nitrogens with one attached hydrogen (secondary N) is 2. The highest BCUT2D eigenvalue weighted by atomic mass is 79.9. The Morgan fingerprint density at radius 3 is 2.53 bits per heavy atom. The first-order valence-corrected chi connectivity index (χ1v) is 14.2. The van der Waals surface area contributed by atoms with Crippen LogP contribution >= 0.6 is 31.9 Å². The van der Waals surface area contributed by atoms with Crippen LogP contribution in [0, 0.1) is 0 Å². The van der Waals surface area contributed by atoms with Gasteiger partial charge in [-0.25, -0.2) is 0 Å². The number of likely N-dealkylation sites (N-methyl/N-ethyl adjacent to an activating group) is 1. The molecule has 192 valence electrons. The lowest BCUT2D eigenvalue weighted by atomic mass is 9.94. The number of benzene rings is 2. The fourth-order valence-electron chi connectivity index (χ4n) is 4.94. The number of carbonyl (C=O) groups is 2. The van der Waals surface area contributed by atoms with Gasteiger partial charge in [0, 0.05) is 45.2 Å². The van der Waals surface area contributed by atoms with Crippen molar-refractivity contribution in [3.8, 4) is 0 Å². The number of hydrogen-bond donors (Lipinski definition) is 2. The van der Waals surface area contributed by atoms with Crippen LogP contribution < -0.4 is 5.32 Å².